The number of nitrogens with zero attached hydrogens (tertiary/aromatic N) is 2. The summed E-state index contributed by atoms with van der Waals surface area (Å²) < 4.78 is 1.69. The van der Waals surface area contributed by atoms with Crippen molar-refractivity contribution in [2.75, 3.05) is 6.61 Å². The second-order valence-corrected chi connectivity index (χ2v) is 5.91. The minimum Gasteiger partial charge on any atom is -0.395 e. The number of thioether (sulfide) groups is 1. The summed E-state index contributed by atoms with van der Waals surface area (Å²) in [6, 6.07) is 0.199. The highest BCUT2D eigenvalue weighted by molar-refractivity contribution is 7.99. The van der Waals surface area contributed by atoms with Gasteiger partial charge in [-0.1, -0.05) is 25.1 Å². The van der Waals surface area contributed by atoms with E-state index in [2.05, 4.69) is 17.1 Å². The van der Waals surface area contributed by atoms with E-state index in [4.69, 9.17) is 5.73 Å². The van der Waals surface area contributed by atoms with Crippen molar-refractivity contribution in [2.24, 2.45) is 5.73 Å². The second kappa shape index (κ2) is 5.90. The van der Waals surface area contributed by atoms with Crippen LogP contribution in [0.4, 0.5) is 0 Å². The number of aliphatic hydroxyl groups excluding tert-OH is 1. The summed E-state index contributed by atoms with van der Waals surface area (Å²) in [4.78, 5) is 11.6. The molecule has 0 bridgehead atoms. The zero-order valence-corrected chi connectivity index (χ0v) is 11.3. The molecule has 0 aliphatic heterocycles. The minimum atomic E-state index is -0.166. The van der Waals surface area contributed by atoms with E-state index in [0.717, 1.165) is 25.7 Å². The lowest BCUT2D eigenvalue weighted by Gasteiger charge is -2.20. The Morgan fingerprint density at radius 3 is 2.94 bits per heavy atom. The molecule has 0 amide bonds. The van der Waals surface area contributed by atoms with Crippen LogP contribution in [0.25, 0.3) is 0 Å². The first kappa shape index (κ1) is 13.6. The maximum atomic E-state index is 11.6. The third-order valence-electron chi connectivity index (χ3n) is 3.12. The Balaban J connectivity index is 2.09. The maximum Gasteiger partial charge on any atom is 0.344 e. The van der Waals surface area contributed by atoms with E-state index in [1.807, 2.05) is 0 Å². The van der Waals surface area contributed by atoms with Crippen LogP contribution in [-0.4, -0.2) is 37.8 Å². The molecule has 18 heavy (non-hydrogen) atoms. The summed E-state index contributed by atoms with van der Waals surface area (Å²) >= 11 is 1.40. The average molecular weight is 272 g/mol. The van der Waals surface area contributed by atoms with Crippen LogP contribution in [-0.2, 0) is 0 Å². The van der Waals surface area contributed by atoms with Gasteiger partial charge in [-0.15, -0.1) is 5.10 Å². The van der Waals surface area contributed by atoms with Gasteiger partial charge in [-0.05, 0) is 19.3 Å². The summed E-state index contributed by atoms with van der Waals surface area (Å²) in [6.45, 7) is 2.06. The van der Waals surface area contributed by atoms with Crippen LogP contribution in [0.15, 0.2) is 9.95 Å². The van der Waals surface area contributed by atoms with Crippen LogP contribution in [0.2, 0.25) is 0 Å². The van der Waals surface area contributed by atoms with Gasteiger partial charge in [0.15, 0.2) is 5.16 Å². The van der Waals surface area contributed by atoms with Crippen molar-refractivity contribution in [3.63, 3.8) is 0 Å². The maximum absolute atomic E-state index is 11.6. The van der Waals surface area contributed by atoms with Gasteiger partial charge in [0.1, 0.15) is 0 Å². The predicted molar refractivity (Wildman–Crippen MR) is 70.7 cm³/mol. The van der Waals surface area contributed by atoms with Crippen LogP contribution >= 0.6 is 11.8 Å². The molecule has 0 saturated heterocycles. The lowest BCUT2D eigenvalue weighted by molar-refractivity contribution is 0.279. The number of H-pyrrole nitrogens is 1. The van der Waals surface area contributed by atoms with E-state index < -0.39 is 0 Å². The van der Waals surface area contributed by atoms with Gasteiger partial charge in [0.05, 0.1) is 11.9 Å². The van der Waals surface area contributed by atoms with Crippen molar-refractivity contribution in [2.45, 2.75) is 55.1 Å². The molecular formula is C11H20N4O2S. The fourth-order valence-corrected chi connectivity index (χ4v) is 3.04. The summed E-state index contributed by atoms with van der Waals surface area (Å²) in [5, 5.41) is 16.4. The Kier molecular flexibility index (Phi) is 4.47. The Morgan fingerprint density at radius 1 is 1.67 bits per heavy atom. The molecule has 4 N–H and O–H groups in total. The molecular weight excluding hydrogens is 252 g/mol. The third-order valence-corrected chi connectivity index (χ3v) is 4.42. The molecule has 1 saturated carbocycles. The van der Waals surface area contributed by atoms with Gasteiger partial charge in [0.25, 0.3) is 0 Å². The molecule has 1 fully saturated rings. The van der Waals surface area contributed by atoms with E-state index in [1.54, 1.807) is 4.57 Å². The number of rotatable bonds is 7. The van der Waals surface area contributed by atoms with Crippen LogP contribution in [0.1, 0.15) is 38.6 Å². The molecule has 0 radical (unpaired) electrons. The fraction of sp³-hybridized carbons (Fsp3) is 0.818. The molecule has 2 atom stereocenters. The van der Waals surface area contributed by atoms with E-state index in [9.17, 15) is 9.90 Å². The van der Waals surface area contributed by atoms with Crippen molar-refractivity contribution in [1.29, 1.82) is 0 Å². The van der Waals surface area contributed by atoms with Gasteiger partial charge in [0, 0.05) is 12.1 Å². The number of hydrogen-bond donors (Lipinski definition) is 3. The largest absolute Gasteiger partial charge is 0.395 e. The predicted octanol–water partition coefficient (Wildman–Crippen LogP) is 0.487. The van der Waals surface area contributed by atoms with Crippen LogP contribution in [0, 0.1) is 0 Å². The molecule has 6 nitrogen and oxygen atoms in total. The average Bonchev–Trinajstić information content (AvgIpc) is 3.11. The SMILES string of the molecule is CCCC(N)C(CO)Sc1n[nH]c(=O)n1C1CC1. The monoisotopic (exact) mass is 272 g/mol. The highest BCUT2D eigenvalue weighted by Crippen LogP contribution is 2.37. The molecule has 1 aliphatic rings. The molecule has 1 heterocycles. The van der Waals surface area contributed by atoms with Crippen molar-refractivity contribution in [3.8, 4) is 0 Å². The first-order valence-electron chi connectivity index (χ1n) is 6.37. The highest BCUT2D eigenvalue weighted by atomic mass is 32.2. The molecule has 2 rings (SSSR count). The van der Waals surface area contributed by atoms with E-state index in [0.29, 0.717) is 5.16 Å². The normalized spacial score (nSPS) is 18.8. The molecule has 2 unspecified atom stereocenters. The molecule has 102 valence electrons. The number of hydrogen-bond acceptors (Lipinski definition) is 5. The Bertz CT molecular complexity index is 440. The lowest BCUT2D eigenvalue weighted by Crippen LogP contribution is -2.35. The number of nitrogens with one attached hydrogen (secondary N) is 1. The van der Waals surface area contributed by atoms with E-state index in [-0.39, 0.29) is 29.6 Å². The van der Waals surface area contributed by atoms with Crippen molar-refractivity contribution < 1.29 is 5.11 Å². The molecule has 0 aromatic carbocycles. The second-order valence-electron chi connectivity index (χ2n) is 4.70. The van der Waals surface area contributed by atoms with Gasteiger partial charge >= 0.3 is 5.69 Å². The summed E-state index contributed by atoms with van der Waals surface area (Å²) in [7, 11) is 0. The zero-order valence-electron chi connectivity index (χ0n) is 10.5. The standard InChI is InChI=1S/C11H20N4O2S/c1-2-3-8(12)9(6-16)18-11-14-13-10(17)15(11)7-4-5-7/h7-9,16H,2-6,12H2,1H3,(H,13,17). The molecule has 1 aromatic heterocycles. The Morgan fingerprint density at radius 2 is 2.39 bits per heavy atom. The van der Waals surface area contributed by atoms with Crippen molar-refractivity contribution >= 4 is 11.8 Å². The van der Waals surface area contributed by atoms with Crippen molar-refractivity contribution in [1.82, 2.24) is 14.8 Å². The van der Waals surface area contributed by atoms with E-state index >= 15 is 0 Å². The summed E-state index contributed by atoms with van der Waals surface area (Å²) in [6.07, 6.45) is 3.89. The first-order valence-corrected chi connectivity index (χ1v) is 7.25. The summed E-state index contributed by atoms with van der Waals surface area (Å²) in [5.41, 5.74) is 5.86. The lowest BCUT2D eigenvalue weighted by atomic mass is 10.1. The van der Waals surface area contributed by atoms with Gasteiger partial charge in [0.2, 0.25) is 0 Å². The topological polar surface area (TPSA) is 96.9 Å². The minimum absolute atomic E-state index is 0.00243. The Labute approximate surface area is 110 Å². The smallest absolute Gasteiger partial charge is 0.344 e. The summed E-state index contributed by atoms with van der Waals surface area (Å²) in [5.74, 6) is 0. The van der Waals surface area contributed by atoms with Crippen LogP contribution in [0.5, 0.6) is 0 Å². The van der Waals surface area contributed by atoms with Gasteiger partial charge < -0.3 is 10.8 Å². The third kappa shape index (κ3) is 2.96. The fourth-order valence-electron chi connectivity index (χ4n) is 1.94. The number of nitrogens with two attached hydrogens (primary N) is 1. The number of aliphatic hydroxyl groups is 1. The van der Waals surface area contributed by atoms with Crippen LogP contribution < -0.4 is 11.4 Å². The molecule has 1 aromatic rings. The molecule has 1 aliphatic carbocycles. The molecule has 7 heteroatoms. The highest BCUT2D eigenvalue weighted by Gasteiger charge is 2.30. The van der Waals surface area contributed by atoms with Crippen LogP contribution in [0.3, 0.4) is 0 Å². The number of aromatic amines is 1. The Hall–Kier alpha value is -0.790. The zero-order chi connectivity index (χ0) is 13.1. The van der Waals surface area contributed by atoms with Crippen molar-refractivity contribution in [3.05, 3.63) is 10.5 Å². The number of aromatic nitrogens is 3. The first-order chi connectivity index (χ1) is 8.67. The van der Waals surface area contributed by atoms with E-state index in [1.165, 1.54) is 11.8 Å². The van der Waals surface area contributed by atoms with Gasteiger partial charge in [-0.3, -0.25) is 4.57 Å². The van der Waals surface area contributed by atoms with Gasteiger partial charge in [-0.2, -0.15) is 0 Å². The van der Waals surface area contributed by atoms with Gasteiger partial charge in [-0.25, -0.2) is 9.89 Å². The quantitative estimate of drug-likeness (QED) is 0.628. The molecule has 0 spiro atoms.